The Morgan fingerprint density at radius 3 is 2.09 bits per heavy atom. The van der Waals surface area contributed by atoms with Gasteiger partial charge in [-0.05, 0) is 93.0 Å². The summed E-state index contributed by atoms with van der Waals surface area (Å²) >= 11 is 0. The van der Waals surface area contributed by atoms with Gasteiger partial charge in [-0.1, -0.05) is 24.3 Å². The number of tetrazole rings is 1. The molecule has 3 amide bonds. The smallest absolute Gasteiger partial charge is 0.480 e. The number of nitrogens with two attached hydrogens (primary N) is 1. The van der Waals surface area contributed by atoms with Crippen molar-refractivity contribution in [1.29, 1.82) is 0 Å². The lowest BCUT2D eigenvalue weighted by Crippen LogP contribution is -2.52. The normalized spacial score (nSPS) is 15.9. The average Bonchev–Trinajstić information content (AvgIpc) is 3.72. The van der Waals surface area contributed by atoms with Crippen molar-refractivity contribution in [2.75, 3.05) is 25.7 Å². The minimum absolute atomic E-state index is 0.180. The molecule has 4 aromatic rings. The van der Waals surface area contributed by atoms with Crippen molar-refractivity contribution < 1.29 is 51.7 Å². The fourth-order valence-corrected chi connectivity index (χ4v) is 6.03. The van der Waals surface area contributed by atoms with Gasteiger partial charge in [-0.25, -0.2) is 14.6 Å². The highest BCUT2D eigenvalue weighted by Gasteiger charge is 2.38. The number of alkyl carbamates (subject to hydrolysis) is 1. The predicted octanol–water partition coefficient (Wildman–Crippen LogP) is 4.73. The lowest BCUT2D eigenvalue weighted by Gasteiger charge is -2.36. The van der Waals surface area contributed by atoms with Crippen LogP contribution in [-0.2, 0) is 25.5 Å². The van der Waals surface area contributed by atoms with Crippen LogP contribution in [-0.4, -0.2) is 98.2 Å². The largest absolute Gasteiger partial charge is 0.490 e. The van der Waals surface area contributed by atoms with E-state index in [-0.39, 0.29) is 30.2 Å². The molecule has 1 atom stereocenters. The van der Waals surface area contributed by atoms with E-state index in [1.165, 1.54) is 19.1 Å². The first-order chi connectivity index (χ1) is 26.9. The number of aliphatic carboxylic acids is 1. The molecule has 20 heteroatoms. The third-order valence-electron chi connectivity index (χ3n) is 8.80. The molecule has 306 valence electrons. The number of benzene rings is 2. The van der Waals surface area contributed by atoms with Crippen LogP contribution in [0.3, 0.4) is 0 Å². The van der Waals surface area contributed by atoms with Crippen molar-refractivity contribution in [3.63, 3.8) is 0 Å². The molecule has 2 aromatic heterocycles. The van der Waals surface area contributed by atoms with E-state index >= 15 is 0 Å². The summed E-state index contributed by atoms with van der Waals surface area (Å²) < 4.78 is 47.6. The second kappa shape index (κ2) is 19.0. The van der Waals surface area contributed by atoms with E-state index in [2.05, 4.69) is 35.9 Å². The Bertz CT molecular complexity index is 1970. The van der Waals surface area contributed by atoms with Gasteiger partial charge < -0.3 is 30.4 Å². The Morgan fingerprint density at radius 2 is 1.58 bits per heavy atom. The molecule has 0 radical (unpaired) electrons. The zero-order chi connectivity index (χ0) is 41.9. The van der Waals surface area contributed by atoms with Crippen LogP contribution < -0.4 is 25.4 Å². The van der Waals surface area contributed by atoms with Crippen molar-refractivity contribution in [3.05, 3.63) is 60.3 Å². The summed E-state index contributed by atoms with van der Waals surface area (Å²) in [5.74, 6) is -2.95. The third-order valence-corrected chi connectivity index (χ3v) is 8.80. The summed E-state index contributed by atoms with van der Waals surface area (Å²) in [5.41, 5.74) is 8.95. The van der Waals surface area contributed by atoms with Crippen LogP contribution >= 0.6 is 0 Å². The number of amides is 3. The molecule has 0 unspecified atom stereocenters. The third kappa shape index (κ3) is 12.3. The van der Waals surface area contributed by atoms with Gasteiger partial charge in [-0.15, -0.1) is 10.2 Å². The van der Waals surface area contributed by atoms with E-state index in [1.54, 1.807) is 30.5 Å². The first-order valence-corrected chi connectivity index (χ1v) is 17.7. The highest BCUT2D eigenvalue weighted by Crippen LogP contribution is 2.34. The van der Waals surface area contributed by atoms with Crippen molar-refractivity contribution in [2.24, 2.45) is 17.6 Å². The van der Waals surface area contributed by atoms with Gasteiger partial charge in [0.2, 0.25) is 23.5 Å². The van der Waals surface area contributed by atoms with Crippen LogP contribution in [0.5, 0.6) is 11.9 Å². The number of primary amides is 1. The molecule has 2 aromatic carbocycles. The maximum absolute atomic E-state index is 14.4. The Labute approximate surface area is 325 Å². The van der Waals surface area contributed by atoms with Crippen LogP contribution in [0.4, 0.5) is 23.7 Å². The molecule has 0 bridgehead atoms. The first kappa shape index (κ1) is 43.4. The molecule has 5 N–H and O–H groups in total. The lowest BCUT2D eigenvalue weighted by atomic mass is 9.81. The first-order valence-electron chi connectivity index (χ1n) is 17.7. The van der Waals surface area contributed by atoms with Crippen LogP contribution in [0.1, 0.15) is 52.0 Å². The zero-order valence-electron chi connectivity index (χ0n) is 31.9. The maximum Gasteiger partial charge on any atom is 0.490 e. The number of halogens is 3. The zero-order valence-corrected chi connectivity index (χ0v) is 31.9. The van der Waals surface area contributed by atoms with Crippen molar-refractivity contribution in [3.8, 4) is 34.4 Å². The average molecular weight is 800 g/mol. The van der Waals surface area contributed by atoms with Gasteiger partial charge >= 0.3 is 24.2 Å². The number of carbonyl (C=O) groups excluding carboxylic acids is 3. The van der Waals surface area contributed by atoms with Gasteiger partial charge in [0.1, 0.15) is 11.6 Å². The van der Waals surface area contributed by atoms with Crippen LogP contribution in [0.15, 0.2) is 54.7 Å². The highest BCUT2D eigenvalue weighted by molar-refractivity contribution is 6.01. The van der Waals surface area contributed by atoms with Crippen LogP contribution in [0.25, 0.3) is 22.5 Å². The quantitative estimate of drug-likeness (QED) is 0.152. The molecule has 1 aliphatic carbocycles. The molecule has 5 rings (SSSR count). The van der Waals surface area contributed by atoms with Gasteiger partial charge in [-0.3, -0.25) is 14.5 Å². The number of hydrogen-bond acceptors (Lipinski definition) is 12. The predicted molar refractivity (Wildman–Crippen MR) is 198 cm³/mol. The number of hydrogen-bond donors (Lipinski definition) is 4. The molecule has 1 fully saturated rings. The van der Waals surface area contributed by atoms with E-state index in [1.807, 2.05) is 45.0 Å². The maximum atomic E-state index is 14.4. The van der Waals surface area contributed by atoms with E-state index in [0.29, 0.717) is 47.9 Å². The van der Waals surface area contributed by atoms with Gasteiger partial charge in [0.15, 0.2) is 0 Å². The Hall–Kier alpha value is -6.34. The standard InChI is InChI=1S/C35H43N9O6.C2HF3O2/c1-35(2,3)50-34(47)38-19-22-8-12-25(13-9-22)32(46)44(26-16-14-24(15-17-26)30-40-42-43-41-30)28(29(36)45)18-21-6-10-23(11-7-21)27-20-37-33(49-5)39-31(27)48-4;3-2(4,5)1(6)7/h6-7,10-11,14-17,20,22,25,28H,8-9,12-13,18-19H2,1-5H3,(H2,36,45)(H,38,47)(H,40,41,42,43);(H,6,7)/t22-,25-,28-;/m0./s1. The number of aromatic nitrogens is 6. The summed E-state index contributed by atoms with van der Waals surface area (Å²) in [6.07, 6.45) is -1.08. The number of anilines is 1. The molecular formula is C37H44F3N9O8. The number of alkyl halides is 3. The second-order valence-corrected chi connectivity index (χ2v) is 14.0. The number of carboxylic acids is 1. The van der Waals surface area contributed by atoms with Gasteiger partial charge in [-0.2, -0.15) is 23.4 Å². The van der Waals surface area contributed by atoms with Crippen LogP contribution in [0, 0.1) is 11.8 Å². The van der Waals surface area contributed by atoms with Crippen LogP contribution in [0.2, 0.25) is 0 Å². The highest BCUT2D eigenvalue weighted by atomic mass is 19.4. The van der Waals surface area contributed by atoms with E-state index in [9.17, 15) is 27.6 Å². The molecule has 17 nitrogen and oxygen atoms in total. The Balaban J connectivity index is 0.000000940. The number of carbonyl (C=O) groups is 4. The lowest BCUT2D eigenvalue weighted by molar-refractivity contribution is -0.192. The number of aromatic amines is 1. The number of nitrogens with one attached hydrogen (secondary N) is 2. The van der Waals surface area contributed by atoms with Gasteiger partial charge in [0.25, 0.3) is 0 Å². The number of carboxylic acid groups (broad SMARTS) is 1. The Morgan fingerprint density at radius 1 is 0.965 bits per heavy atom. The molecule has 0 spiro atoms. The topological polar surface area (TPSA) is 238 Å². The molecule has 1 aliphatic rings. The molecule has 57 heavy (non-hydrogen) atoms. The van der Waals surface area contributed by atoms with Crippen molar-refractivity contribution >= 4 is 29.6 Å². The summed E-state index contributed by atoms with van der Waals surface area (Å²) in [6, 6.07) is 13.8. The fraction of sp³-hybridized carbons (Fsp3) is 0.432. The Kier molecular flexibility index (Phi) is 14.5. The SMILES string of the molecule is COc1ncc(-c2ccc(C[C@@H](C(N)=O)N(c3ccc(-c4nn[nH]n4)cc3)C(=O)[C@H]3CC[C@H](CNC(=O)OC(C)(C)C)CC3)cc2)c(OC)n1.O=C(O)C(F)(F)F. The van der Waals surface area contributed by atoms with E-state index in [4.69, 9.17) is 29.8 Å². The number of rotatable bonds is 12. The minimum Gasteiger partial charge on any atom is -0.480 e. The summed E-state index contributed by atoms with van der Waals surface area (Å²) in [5, 5.41) is 24.1. The van der Waals surface area contributed by atoms with Gasteiger partial charge in [0.05, 0.1) is 19.8 Å². The monoisotopic (exact) mass is 799 g/mol. The second-order valence-electron chi connectivity index (χ2n) is 14.0. The number of ether oxygens (including phenoxy) is 3. The molecule has 2 heterocycles. The molecule has 0 aliphatic heterocycles. The van der Waals surface area contributed by atoms with E-state index in [0.717, 1.165) is 24.0 Å². The molecule has 1 saturated carbocycles. The molecular weight excluding hydrogens is 755 g/mol. The summed E-state index contributed by atoms with van der Waals surface area (Å²) in [7, 11) is 3.00. The minimum atomic E-state index is -5.08. The van der Waals surface area contributed by atoms with E-state index < -0.39 is 35.8 Å². The number of nitrogens with zero attached hydrogens (tertiary/aromatic N) is 6. The van der Waals surface area contributed by atoms with Crippen molar-refractivity contribution in [2.45, 2.75) is 70.7 Å². The fourth-order valence-electron chi connectivity index (χ4n) is 6.03. The number of H-pyrrole nitrogens is 1. The summed E-state index contributed by atoms with van der Waals surface area (Å²) in [4.78, 5) is 58.6. The molecule has 0 saturated heterocycles. The van der Waals surface area contributed by atoms with Crippen molar-refractivity contribution in [1.82, 2.24) is 35.9 Å². The number of methoxy groups -OCH3 is 2. The van der Waals surface area contributed by atoms with Gasteiger partial charge in [0, 0.05) is 36.3 Å². The summed E-state index contributed by atoms with van der Waals surface area (Å²) in [6.45, 7) is 5.92.